The summed E-state index contributed by atoms with van der Waals surface area (Å²) in [6.07, 6.45) is 1.58. The van der Waals surface area contributed by atoms with E-state index < -0.39 is 0 Å². The highest BCUT2D eigenvalue weighted by molar-refractivity contribution is 14.1. The van der Waals surface area contributed by atoms with E-state index in [2.05, 4.69) is 54.4 Å². The summed E-state index contributed by atoms with van der Waals surface area (Å²) in [5.41, 5.74) is 5.26. The van der Waals surface area contributed by atoms with E-state index in [9.17, 15) is 4.79 Å². The molecule has 0 bridgehead atoms. The molecule has 2 N–H and O–H groups in total. The van der Waals surface area contributed by atoms with Gasteiger partial charge in [0.25, 0.3) is 5.91 Å². The monoisotopic (exact) mass is 563 g/mol. The van der Waals surface area contributed by atoms with Gasteiger partial charge in [0.15, 0.2) is 0 Å². The number of para-hydroxylation sites is 1. The van der Waals surface area contributed by atoms with Crippen LogP contribution >= 0.6 is 38.5 Å². The summed E-state index contributed by atoms with van der Waals surface area (Å²) >= 11 is 5.66. The Hall–Kier alpha value is -2.39. The number of amides is 1. The minimum absolute atomic E-state index is 0.139. The molecule has 5 nitrogen and oxygen atoms in total. The van der Waals surface area contributed by atoms with Crippen LogP contribution in [0.3, 0.4) is 0 Å². The molecule has 1 amide bonds. The van der Waals surface area contributed by atoms with Gasteiger partial charge in [-0.25, -0.2) is 5.43 Å². The van der Waals surface area contributed by atoms with Gasteiger partial charge in [-0.3, -0.25) is 4.79 Å². The first-order valence-corrected chi connectivity index (χ1v) is 10.7. The molecule has 0 aromatic heterocycles. The van der Waals surface area contributed by atoms with Crippen LogP contribution < -0.4 is 15.5 Å². The fourth-order valence-electron chi connectivity index (χ4n) is 2.42. The molecule has 0 atom stereocenters. The SMILES string of the molecule is O=C(CNc1ccc(I)cc1)N/N=C\c1ccccc1OCc1ccc(Br)cc1. The first kappa shape index (κ1) is 21.3. The standard InChI is InChI=1S/C22H19BrIN3O2/c23-18-7-5-16(6-8-18)15-29-21-4-2-1-3-17(21)13-26-27-22(28)14-25-20-11-9-19(24)10-12-20/h1-13,25H,14-15H2,(H,27,28)/b26-13-. The Kier molecular flexibility index (Phi) is 8.06. The molecule has 0 saturated heterocycles. The van der Waals surface area contributed by atoms with Crippen LogP contribution in [0.25, 0.3) is 0 Å². The van der Waals surface area contributed by atoms with E-state index in [4.69, 9.17) is 4.74 Å². The smallest absolute Gasteiger partial charge is 0.259 e. The van der Waals surface area contributed by atoms with Gasteiger partial charge in [0.1, 0.15) is 12.4 Å². The maximum Gasteiger partial charge on any atom is 0.259 e. The number of nitrogens with zero attached hydrogens (tertiary/aromatic N) is 1. The summed E-state index contributed by atoms with van der Waals surface area (Å²) < 4.78 is 8.07. The number of halogens is 2. The third-order valence-electron chi connectivity index (χ3n) is 3.92. The molecule has 3 rings (SSSR count). The topological polar surface area (TPSA) is 62.7 Å². The second-order valence-electron chi connectivity index (χ2n) is 6.11. The van der Waals surface area contributed by atoms with Crippen molar-refractivity contribution in [2.75, 3.05) is 11.9 Å². The van der Waals surface area contributed by atoms with Crippen molar-refractivity contribution in [3.63, 3.8) is 0 Å². The number of ether oxygens (including phenoxy) is 1. The van der Waals surface area contributed by atoms with Crippen LogP contribution in [0.4, 0.5) is 5.69 Å². The van der Waals surface area contributed by atoms with E-state index in [1.54, 1.807) is 6.21 Å². The van der Waals surface area contributed by atoms with E-state index in [1.165, 1.54) is 0 Å². The summed E-state index contributed by atoms with van der Waals surface area (Å²) in [7, 11) is 0. The van der Waals surface area contributed by atoms with Gasteiger partial charge in [-0.15, -0.1) is 0 Å². The molecule has 0 radical (unpaired) electrons. The van der Waals surface area contributed by atoms with Gasteiger partial charge in [-0.1, -0.05) is 40.2 Å². The van der Waals surface area contributed by atoms with Crippen molar-refractivity contribution in [1.29, 1.82) is 0 Å². The van der Waals surface area contributed by atoms with Crippen molar-refractivity contribution in [2.24, 2.45) is 5.10 Å². The second-order valence-corrected chi connectivity index (χ2v) is 8.27. The van der Waals surface area contributed by atoms with Crippen LogP contribution in [0.5, 0.6) is 5.75 Å². The predicted octanol–water partition coefficient (Wildman–Crippen LogP) is 5.19. The number of hydrogen-bond donors (Lipinski definition) is 2. The lowest BCUT2D eigenvalue weighted by Gasteiger charge is -2.09. The van der Waals surface area contributed by atoms with Crippen LogP contribution in [-0.4, -0.2) is 18.7 Å². The molecular formula is C22H19BrIN3O2. The number of carbonyl (C=O) groups is 1. The number of rotatable bonds is 8. The Balaban J connectivity index is 1.51. The fourth-order valence-corrected chi connectivity index (χ4v) is 3.05. The molecule has 0 unspecified atom stereocenters. The molecule has 148 valence electrons. The quantitative estimate of drug-likeness (QED) is 0.225. The minimum Gasteiger partial charge on any atom is -0.488 e. The van der Waals surface area contributed by atoms with Gasteiger partial charge < -0.3 is 10.1 Å². The average molecular weight is 564 g/mol. The largest absolute Gasteiger partial charge is 0.488 e. The lowest BCUT2D eigenvalue weighted by Crippen LogP contribution is -2.25. The van der Waals surface area contributed by atoms with E-state index in [1.807, 2.05) is 72.8 Å². The molecule has 3 aromatic carbocycles. The molecule has 0 fully saturated rings. The second kappa shape index (κ2) is 11.0. The third-order valence-corrected chi connectivity index (χ3v) is 5.16. The molecule has 0 heterocycles. The van der Waals surface area contributed by atoms with Crippen LogP contribution in [-0.2, 0) is 11.4 Å². The molecular weight excluding hydrogens is 545 g/mol. The van der Waals surface area contributed by atoms with E-state index in [-0.39, 0.29) is 12.5 Å². The molecule has 3 aromatic rings. The van der Waals surface area contributed by atoms with Crippen molar-refractivity contribution in [1.82, 2.24) is 5.43 Å². The van der Waals surface area contributed by atoms with Crippen LogP contribution in [0.2, 0.25) is 0 Å². The van der Waals surface area contributed by atoms with Gasteiger partial charge in [-0.2, -0.15) is 5.10 Å². The van der Waals surface area contributed by atoms with Crippen molar-refractivity contribution in [3.05, 3.63) is 92.0 Å². The number of benzene rings is 3. The van der Waals surface area contributed by atoms with Crippen molar-refractivity contribution in [3.8, 4) is 5.75 Å². The van der Waals surface area contributed by atoms with Crippen LogP contribution in [0.15, 0.2) is 82.4 Å². The highest BCUT2D eigenvalue weighted by atomic mass is 127. The number of hydrogen-bond acceptors (Lipinski definition) is 4. The summed E-state index contributed by atoms with van der Waals surface area (Å²) in [4.78, 5) is 12.0. The molecule has 0 aliphatic rings. The Morgan fingerprint density at radius 3 is 2.52 bits per heavy atom. The highest BCUT2D eigenvalue weighted by Crippen LogP contribution is 2.18. The van der Waals surface area contributed by atoms with Gasteiger partial charge >= 0.3 is 0 Å². The Morgan fingerprint density at radius 2 is 1.76 bits per heavy atom. The Labute approximate surface area is 191 Å². The zero-order chi connectivity index (χ0) is 20.5. The molecule has 0 aliphatic heterocycles. The van der Waals surface area contributed by atoms with Crippen LogP contribution in [0, 0.1) is 3.57 Å². The molecule has 7 heteroatoms. The van der Waals surface area contributed by atoms with E-state index in [0.717, 1.165) is 24.9 Å². The fraction of sp³-hybridized carbons (Fsp3) is 0.0909. The molecule has 0 aliphatic carbocycles. The first-order valence-electron chi connectivity index (χ1n) is 8.88. The number of hydrazone groups is 1. The van der Waals surface area contributed by atoms with Gasteiger partial charge in [-0.05, 0) is 76.7 Å². The molecule has 0 spiro atoms. The van der Waals surface area contributed by atoms with Crippen molar-refractivity contribution in [2.45, 2.75) is 6.61 Å². The number of carbonyl (C=O) groups excluding carboxylic acids is 1. The van der Waals surface area contributed by atoms with Gasteiger partial charge in [0.05, 0.1) is 12.8 Å². The zero-order valence-corrected chi connectivity index (χ0v) is 19.2. The Morgan fingerprint density at radius 1 is 1.03 bits per heavy atom. The highest BCUT2D eigenvalue weighted by Gasteiger charge is 2.03. The first-order chi connectivity index (χ1) is 14.1. The number of nitrogens with one attached hydrogen (secondary N) is 2. The number of anilines is 1. The van der Waals surface area contributed by atoms with E-state index >= 15 is 0 Å². The van der Waals surface area contributed by atoms with Gasteiger partial charge in [0.2, 0.25) is 0 Å². The Bertz CT molecular complexity index is 976. The predicted molar refractivity (Wildman–Crippen MR) is 128 cm³/mol. The summed E-state index contributed by atoms with van der Waals surface area (Å²) in [6, 6.07) is 23.3. The normalized spacial score (nSPS) is 10.7. The summed E-state index contributed by atoms with van der Waals surface area (Å²) in [5, 5.41) is 7.10. The molecule has 29 heavy (non-hydrogen) atoms. The average Bonchev–Trinajstić information content (AvgIpc) is 2.74. The third kappa shape index (κ3) is 7.17. The lowest BCUT2D eigenvalue weighted by molar-refractivity contribution is -0.119. The lowest BCUT2D eigenvalue weighted by atomic mass is 10.2. The van der Waals surface area contributed by atoms with Crippen molar-refractivity contribution >= 4 is 56.3 Å². The minimum atomic E-state index is -0.229. The maximum atomic E-state index is 12.0. The zero-order valence-electron chi connectivity index (χ0n) is 15.4. The summed E-state index contributed by atoms with van der Waals surface area (Å²) in [6.45, 7) is 0.587. The van der Waals surface area contributed by atoms with Crippen LogP contribution in [0.1, 0.15) is 11.1 Å². The van der Waals surface area contributed by atoms with Crippen molar-refractivity contribution < 1.29 is 9.53 Å². The summed E-state index contributed by atoms with van der Waals surface area (Å²) in [5.74, 6) is 0.471. The van der Waals surface area contributed by atoms with E-state index in [0.29, 0.717) is 12.4 Å². The van der Waals surface area contributed by atoms with Gasteiger partial charge in [0, 0.05) is 19.3 Å². The molecule has 0 saturated carbocycles. The maximum absolute atomic E-state index is 12.0.